The number of benzene rings is 2. The molecule has 0 aliphatic heterocycles. The Bertz CT molecular complexity index is 702. The van der Waals surface area contributed by atoms with Crippen LogP contribution >= 0.6 is 0 Å². The maximum Gasteiger partial charge on any atom is 0.258 e. The summed E-state index contributed by atoms with van der Waals surface area (Å²) in [5.74, 6) is 1.28. The minimum Gasteiger partial charge on any atom is -0.496 e. The van der Waals surface area contributed by atoms with Crippen molar-refractivity contribution in [1.82, 2.24) is 5.32 Å². The minimum atomic E-state index is -0.168. The highest BCUT2D eigenvalue weighted by Crippen LogP contribution is 2.25. The Morgan fingerprint density at radius 2 is 1.72 bits per heavy atom. The van der Waals surface area contributed by atoms with E-state index in [-0.39, 0.29) is 24.0 Å². The Labute approximate surface area is 150 Å². The fourth-order valence-electron chi connectivity index (χ4n) is 2.59. The summed E-state index contributed by atoms with van der Waals surface area (Å²) in [7, 11) is 1.62. The molecule has 0 aliphatic carbocycles. The third kappa shape index (κ3) is 5.24. The molecule has 0 saturated carbocycles. The fraction of sp³-hybridized carbons (Fsp3) is 0.381. The summed E-state index contributed by atoms with van der Waals surface area (Å²) in [6.07, 6.45) is 0. The van der Waals surface area contributed by atoms with E-state index in [1.165, 1.54) is 5.56 Å². The first-order valence-corrected chi connectivity index (χ1v) is 8.47. The molecule has 2 aromatic carbocycles. The summed E-state index contributed by atoms with van der Waals surface area (Å²) in [5.41, 5.74) is 2.27. The van der Waals surface area contributed by atoms with Gasteiger partial charge in [0.05, 0.1) is 13.2 Å². The molecule has 2 rings (SSSR count). The van der Waals surface area contributed by atoms with E-state index < -0.39 is 0 Å². The van der Waals surface area contributed by atoms with Crippen molar-refractivity contribution in [3.05, 3.63) is 59.7 Å². The highest BCUT2D eigenvalue weighted by Gasteiger charge is 2.15. The number of hydrogen-bond acceptors (Lipinski definition) is 3. The lowest BCUT2D eigenvalue weighted by atomic mass is 9.87. The fourth-order valence-corrected chi connectivity index (χ4v) is 2.59. The zero-order valence-corrected chi connectivity index (χ0v) is 15.6. The van der Waals surface area contributed by atoms with Crippen molar-refractivity contribution in [2.24, 2.45) is 0 Å². The van der Waals surface area contributed by atoms with Gasteiger partial charge in [0.15, 0.2) is 6.61 Å². The van der Waals surface area contributed by atoms with Crippen LogP contribution in [0.5, 0.6) is 11.5 Å². The van der Waals surface area contributed by atoms with Crippen LogP contribution in [0.3, 0.4) is 0 Å². The Morgan fingerprint density at radius 1 is 1.08 bits per heavy atom. The van der Waals surface area contributed by atoms with Crippen molar-refractivity contribution in [1.29, 1.82) is 0 Å². The van der Waals surface area contributed by atoms with E-state index in [9.17, 15) is 4.79 Å². The van der Waals surface area contributed by atoms with Crippen LogP contribution in [-0.4, -0.2) is 19.6 Å². The van der Waals surface area contributed by atoms with E-state index in [2.05, 4.69) is 26.1 Å². The van der Waals surface area contributed by atoms with E-state index in [0.717, 1.165) is 11.3 Å². The molecule has 2 aromatic rings. The Hall–Kier alpha value is -2.49. The van der Waals surface area contributed by atoms with Crippen molar-refractivity contribution in [2.75, 3.05) is 13.7 Å². The van der Waals surface area contributed by atoms with Gasteiger partial charge >= 0.3 is 0 Å². The monoisotopic (exact) mass is 341 g/mol. The van der Waals surface area contributed by atoms with Gasteiger partial charge in [-0.15, -0.1) is 0 Å². The molecule has 1 amide bonds. The quantitative estimate of drug-likeness (QED) is 0.854. The van der Waals surface area contributed by atoms with Gasteiger partial charge in [0.2, 0.25) is 0 Å². The molecular formula is C21H27NO3. The lowest BCUT2D eigenvalue weighted by Crippen LogP contribution is -2.31. The highest BCUT2D eigenvalue weighted by atomic mass is 16.5. The molecule has 0 radical (unpaired) electrons. The zero-order valence-electron chi connectivity index (χ0n) is 15.6. The number of para-hydroxylation sites is 1. The van der Waals surface area contributed by atoms with Crippen LogP contribution in [0.15, 0.2) is 48.5 Å². The average molecular weight is 341 g/mol. The van der Waals surface area contributed by atoms with Crippen LogP contribution in [-0.2, 0) is 10.2 Å². The van der Waals surface area contributed by atoms with Gasteiger partial charge in [0.25, 0.3) is 5.91 Å². The summed E-state index contributed by atoms with van der Waals surface area (Å²) in [6.45, 7) is 8.39. The first-order valence-electron chi connectivity index (χ1n) is 8.47. The number of methoxy groups -OCH3 is 1. The molecule has 0 bridgehead atoms. The standard InChI is InChI=1S/C21H27NO3/c1-15(18-8-6-7-9-19(18)24-5)22-20(23)14-25-17-12-10-16(11-13-17)21(2,3)4/h6-13,15H,14H2,1-5H3,(H,22,23)/t15-/m1/s1. The van der Waals surface area contributed by atoms with Gasteiger partial charge in [-0.1, -0.05) is 51.1 Å². The number of nitrogens with one attached hydrogen (secondary N) is 1. The molecule has 0 saturated heterocycles. The molecule has 25 heavy (non-hydrogen) atoms. The summed E-state index contributed by atoms with van der Waals surface area (Å²) < 4.78 is 10.9. The van der Waals surface area contributed by atoms with Crippen LogP contribution in [0.1, 0.15) is 44.9 Å². The number of amides is 1. The topological polar surface area (TPSA) is 47.6 Å². The lowest BCUT2D eigenvalue weighted by Gasteiger charge is -2.19. The molecule has 1 atom stereocenters. The van der Waals surface area contributed by atoms with Crippen molar-refractivity contribution >= 4 is 5.91 Å². The van der Waals surface area contributed by atoms with Gasteiger partial charge < -0.3 is 14.8 Å². The molecule has 0 aromatic heterocycles. The third-order valence-electron chi connectivity index (χ3n) is 4.07. The molecule has 1 N–H and O–H groups in total. The summed E-state index contributed by atoms with van der Waals surface area (Å²) in [5, 5.41) is 2.93. The second kappa shape index (κ2) is 8.06. The van der Waals surface area contributed by atoms with Crippen molar-refractivity contribution in [3.8, 4) is 11.5 Å². The minimum absolute atomic E-state index is 0.0195. The molecule has 134 valence electrons. The van der Waals surface area contributed by atoms with Crippen LogP contribution in [0, 0.1) is 0 Å². The molecule has 0 spiro atoms. The van der Waals surface area contributed by atoms with Gasteiger partial charge in [-0.3, -0.25) is 4.79 Å². The number of rotatable bonds is 6. The molecule has 0 aliphatic rings. The van der Waals surface area contributed by atoms with Gasteiger partial charge in [-0.05, 0) is 36.1 Å². The van der Waals surface area contributed by atoms with E-state index in [1.54, 1.807) is 7.11 Å². The molecule has 0 heterocycles. The molecule has 4 heteroatoms. The second-order valence-corrected chi connectivity index (χ2v) is 7.09. The van der Waals surface area contributed by atoms with Crippen molar-refractivity contribution in [3.63, 3.8) is 0 Å². The van der Waals surface area contributed by atoms with E-state index in [4.69, 9.17) is 9.47 Å². The van der Waals surface area contributed by atoms with Crippen LogP contribution < -0.4 is 14.8 Å². The first-order chi connectivity index (χ1) is 11.8. The van der Waals surface area contributed by atoms with Crippen LogP contribution in [0.4, 0.5) is 0 Å². The second-order valence-electron chi connectivity index (χ2n) is 7.09. The molecular weight excluding hydrogens is 314 g/mol. The summed E-state index contributed by atoms with van der Waals surface area (Å²) in [4.78, 5) is 12.1. The Kier molecular flexibility index (Phi) is 6.07. The van der Waals surface area contributed by atoms with Gasteiger partial charge in [-0.2, -0.15) is 0 Å². The molecule has 0 unspecified atom stereocenters. The maximum atomic E-state index is 12.1. The van der Waals surface area contributed by atoms with Crippen molar-refractivity contribution in [2.45, 2.75) is 39.2 Å². The van der Waals surface area contributed by atoms with Gasteiger partial charge in [-0.25, -0.2) is 0 Å². The van der Waals surface area contributed by atoms with Crippen LogP contribution in [0.2, 0.25) is 0 Å². The van der Waals surface area contributed by atoms with E-state index >= 15 is 0 Å². The van der Waals surface area contributed by atoms with Gasteiger partial charge in [0.1, 0.15) is 11.5 Å². The smallest absolute Gasteiger partial charge is 0.258 e. The van der Waals surface area contributed by atoms with Gasteiger partial charge in [0, 0.05) is 5.56 Å². The number of carbonyl (C=O) groups is 1. The Morgan fingerprint density at radius 3 is 2.32 bits per heavy atom. The number of hydrogen-bond donors (Lipinski definition) is 1. The zero-order chi connectivity index (χ0) is 18.4. The SMILES string of the molecule is COc1ccccc1[C@@H](C)NC(=O)COc1ccc(C(C)(C)C)cc1. The van der Waals surface area contributed by atoms with E-state index in [0.29, 0.717) is 5.75 Å². The van der Waals surface area contributed by atoms with Crippen LogP contribution in [0.25, 0.3) is 0 Å². The third-order valence-corrected chi connectivity index (χ3v) is 4.07. The summed E-state index contributed by atoms with van der Waals surface area (Å²) >= 11 is 0. The summed E-state index contributed by atoms with van der Waals surface area (Å²) in [6, 6.07) is 15.4. The van der Waals surface area contributed by atoms with Crippen molar-refractivity contribution < 1.29 is 14.3 Å². The average Bonchev–Trinajstić information content (AvgIpc) is 2.59. The first kappa shape index (κ1) is 18.8. The normalized spacial score (nSPS) is 12.4. The molecule has 4 nitrogen and oxygen atoms in total. The highest BCUT2D eigenvalue weighted by molar-refractivity contribution is 5.78. The molecule has 0 fully saturated rings. The maximum absolute atomic E-state index is 12.1. The predicted molar refractivity (Wildman–Crippen MR) is 100 cm³/mol. The Balaban J connectivity index is 1.90. The number of carbonyl (C=O) groups excluding carboxylic acids is 1. The van der Waals surface area contributed by atoms with E-state index in [1.807, 2.05) is 55.5 Å². The number of ether oxygens (including phenoxy) is 2. The largest absolute Gasteiger partial charge is 0.496 e. The predicted octanol–water partition coefficient (Wildman–Crippen LogP) is 4.25. The lowest BCUT2D eigenvalue weighted by molar-refractivity contribution is -0.123.